The molecule has 1 amide bonds. The second-order valence-electron chi connectivity index (χ2n) is 7.72. The van der Waals surface area contributed by atoms with Gasteiger partial charge in [0.2, 0.25) is 5.91 Å². The van der Waals surface area contributed by atoms with E-state index in [2.05, 4.69) is 17.1 Å². The Morgan fingerprint density at radius 1 is 1.14 bits per heavy atom. The van der Waals surface area contributed by atoms with Crippen LogP contribution in [0.3, 0.4) is 0 Å². The maximum atomic E-state index is 12.6. The molecule has 3 fully saturated rings. The number of amides is 1. The second-order valence-corrected chi connectivity index (χ2v) is 7.72. The third-order valence-corrected chi connectivity index (χ3v) is 6.45. The van der Waals surface area contributed by atoms with Gasteiger partial charge in [-0.15, -0.1) is 0 Å². The molecule has 0 aromatic rings. The Balaban J connectivity index is 1.49. The van der Waals surface area contributed by atoms with Crippen LogP contribution in [0.4, 0.5) is 0 Å². The van der Waals surface area contributed by atoms with Crippen LogP contribution in [0.2, 0.25) is 0 Å². The number of piperidine rings is 1. The predicted molar refractivity (Wildman–Crippen MR) is 89.4 cm³/mol. The highest BCUT2D eigenvalue weighted by molar-refractivity contribution is 5.78. The van der Waals surface area contributed by atoms with Gasteiger partial charge in [-0.2, -0.15) is 0 Å². The highest BCUT2D eigenvalue weighted by atomic mass is 16.1. The predicted octanol–water partition coefficient (Wildman–Crippen LogP) is 2.13. The van der Waals surface area contributed by atoms with Crippen molar-refractivity contribution in [3.63, 3.8) is 0 Å². The molecule has 4 nitrogen and oxygen atoms in total. The fourth-order valence-corrected chi connectivity index (χ4v) is 5.07. The van der Waals surface area contributed by atoms with Crippen molar-refractivity contribution in [2.24, 2.45) is 23.5 Å². The van der Waals surface area contributed by atoms with Crippen molar-refractivity contribution in [3.05, 3.63) is 0 Å². The zero-order chi connectivity index (χ0) is 15.5. The molecule has 1 heterocycles. The van der Waals surface area contributed by atoms with E-state index < -0.39 is 0 Å². The van der Waals surface area contributed by atoms with Gasteiger partial charge in [-0.3, -0.25) is 9.69 Å². The summed E-state index contributed by atoms with van der Waals surface area (Å²) in [7, 11) is 0. The smallest absolute Gasteiger partial charge is 0.223 e. The monoisotopic (exact) mass is 307 g/mol. The van der Waals surface area contributed by atoms with Crippen LogP contribution in [-0.2, 0) is 4.79 Å². The molecule has 0 spiro atoms. The third-order valence-electron chi connectivity index (χ3n) is 6.45. The van der Waals surface area contributed by atoms with E-state index in [-0.39, 0.29) is 5.92 Å². The SMILES string of the molecule is CCN1CCCCC1CNC(=O)C1CC2CCCC(C1)C2N. The molecule has 3 unspecified atom stereocenters. The molecule has 4 heteroatoms. The second kappa shape index (κ2) is 7.31. The van der Waals surface area contributed by atoms with Crippen molar-refractivity contribution in [2.45, 2.75) is 70.4 Å². The van der Waals surface area contributed by atoms with Gasteiger partial charge in [0.15, 0.2) is 0 Å². The average Bonchev–Trinajstić information content (AvgIpc) is 2.52. The van der Waals surface area contributed by atoms with E-state index >= 15 is 0 Å². The zero-order valence-electron chi connectivity index (χ0n) is 14.1. The Morgan fingerprint density at radius 3 is 2.55 bits per heavy atom. The van der Waals surface area contributed by atoms with Crippen LogP contribution in [0.5, 0.6) is 0 Å². The Bertz CT molecular complexity index is 373. The Labute approximate surface area is 135 Å². The molecule has 1 saturated heterocycles. The molecule has 2 bridgehead atoms. The number of nitrogens with one attached hydrogen (secondary N) is 1. The van der Waals surface area contributed by atoms with Crippen molar-refractivity contribution in [3.8, 4) is 0 Å². The van der Waals surface area contributed by atoms with Gasteiger partial charge in [0.1, 0.15) is 0 Å². The summed E-state index contributed by atoms with van der Waals surface area (Å²) in [5, 5.41) is 3.27. The number of hydrogen-bond donors (Lipinski definition) is 2. The standard InChI is InChI=1S/C18H33N3O/c1-2-21-9-4-3-8-16(21)12-20-18(22)15-10-13-6-5-7-14(11-15)17(13)19/h13-17H,2-12,19H2,1H3,(H,20,22). The normalized spacial score (nSPS) is 39.5. The first-order valence-corrected chi connectivity index (χ1v) is 9.46. The largest absolute Gasteiger partial charge is 0.354 e. The topological polar surface area (TPSA) is 58.4 Å². The van der Waals surface area contributed by atoms with Crippen molar-refractivity contribution in [2.75, 3.05) is 19.6 Å². The highest BCUT2D eigenvalue weighted by Crippen LogP contribution is 2.41. The van der Waals surface area contributed by atoms with Gasteiger partial charge in [-0.05, 0) is 63.5 Å². The number of carbonyl (C=O) groups excluding carboxylic acids is 1. The van der Waals surface area contributed by atoms with Crippen molar-refractivity contribution in [1.29, 1.82) is 0 Å². The summed E-state index contributed by atoms with van der Waals surface area (Å²) in [5.74, 6) is 1.69. The van der Waals surface area contributed by atoms with Gasteiger partial charge >= 0.3 is 0 Å². The summed E-state index contributed by atoms with van der Waals surface area (Å²) in [6.07, 6.45) is 9.65. The van der Waals surface area contributed by atoms with Crippen LogP contribution in [0.1, 0.15) is 58.3 Å². The summed E-state index contributed by atoms with van der Waals surface area (Å²) < 4.78 is 0. The molecule has 0 radical (unpaired) electrons. The van der Waals surface area contributed by atoms with Gasteiger partial charge in [0.05, 0.1) is 0 Å². The molecule has 22 heavy (non-hydrogen) atoms. The van der Waals surface area contributed by atoms with E-state index in [1.165, 1.54) is 45.1 Å². The summed E-state index contributed by atoms with van der Waals surface area (Å²) in [4.78, 5) is 15.1. The van der Waals surface area contributed by atoms with Crippen molar-refractivity contribution >= 4 is 5.91 Å². The fourth-order valence-electron chi connectivity index (χ4n) is 5.07. The minimum atomic E-state index is 0.216. The minimum Gasteiger partial charge on any atom is -0.354 e. The maximum absolute atomic E-state index is 12.6. The first-order chi connectivity index (χ1) is 10.7. The first-order valence-electron chi connectivity index (χ1n) is 9.46. The van der Waals surface area contributed by atoms with E-state index in [0.717, 1.165) is 25.9 Å². The number of fused-ring (bicyclic) bond motifs is 2. The van der Waals surface area contributed by atoms with Crippen LogP contribution in [0.15, 0.2) is 0 Å². The van der Waals surface area contributed by atoms with E-state index in [1.54, 1.807) is 0 Å². The molecule has 0 aromatic carbocycles. The number of carbonyl (C=O) groups is 1. The van der Waals surface area contributed by atoms with Gasteiger partial charge in [0.25, 0.3) is 0 Å². The van der Waals surface area contributed by atoms with Crippen molar-refractivity contribution < 1.29 is 4.79 Å². The average molecular weight is 307 g/mol. The lowest BCUT2D eigenvalue weighted by Crippen LogP contribution is -2.51. The molecular weight excluding hydrogens is 274 g/mol. The van der Waals surface area contributed by atoms with Gasteiger partial charge in [-0.1, -0.05) is 19.8 Å². The number of likely N-dealkylation sites (N-methyl/N-ethyl adjacent to an activating group) is 1. The molecule has 3 aliphatic rings. The molecule has 0 aromatic heterocycles. The third kappa shape index (κ3) is 3.48. The Kier molecular flexibility index (Phi) is 5.40. The van der Waals surface area contributed by atoms with E-state index in [0.29, 0.717) is 29.8 Å². The van der Waals surface area contributed by atoms with Crippen LogP contribution in [-0.4, -0.2) is 42.5 Å². The first kappa shape index (κ1) is 16.3. The van der Waals surface area contributed by atoms with Crippen LogP contribution in [0.25, 0.3) is 0 Å². The Morgan fingerprint density at radius 2 is 1.86 bits per heavy atom. The van der Waals surface area contributed by atoms with Crippen molar-refractivity contribution in [1.82, 2.24) is 10.2 Å². The number of rotatable bonds is 4. The molecule has 2 aliphatic carbocycles. The Hall–Kier alpha value is -0.610. The molecule has 2 saturated carbocycles. The summed E-state index contributed by atoms with van der Waals surface area (Å²) in [6, 6.07) is 0.903. The fraction of sp³-hybridized carbons (Fsp3) is 0.944. The summed E-state index contributed by atoms with van der Waals surface area (Å²) in [6.45, 7) is 5.36. The molecule has 3 atom stereocenters. The van der Waals surface area contributed by atoms with Crippen LogP contribution in [0, 0.1) is 17.8 Å². The highest BCUT2D eigenvalue weighted by Gasteiger charge is 2.40. The summed E-state index contributed by atoms with van der Waals surface area (Å²) >= 11 is 0. The molecule has 126 valence electrons. The quantitative estimate of drug-likeness (QED) is 0.836. The number of likely N-dealkylation sites (tertiary alicyclic amines) is 1. The molecule has 3 N–H and O–H groups in total. The van der Waals surface area contributed by atoms with E-state index in [1.807, 2.05) is 0 Å². The van der Waals surface area contributed by atoms with Gasteiger partial charge < -0.3 is 11.1 Å². The van der Waals surface area contributed by atoms with E-state index in [4.69, 9.17) is 5.73 Å². The lowest BCUT2D eigenvalue weighted by molar-refractivity contribution is -0.128. The van der Waals surface area contributed by atoms with Gasteiger partial charge in [-0.25, -0.2) is 0 Å². The lowest BCUT2D eigenvalue weighted by atomic mass is 9.65. The molecular formula is C18H33N3O. The molecule has 3 rings (SSSR count). The van der Waals surface area contributed by atoms with Crippen LogP contribution < -0.4 is 11.1 Å². The number of nitrogens with zero attached hydrogens (tertiary/aromatic N) is 1. The minimum absolute atomic E-state index is 0.216. The molecule has 1 aliphatic heterocycles. The van der Waals surface area contributed by atoms with Crippen LogP contribution >= 0.6 is 0 Å². The lowest BCUT2D eigenvalue weighted by Gasteiger charge is -2.43. The summed E-state index contributed by atoms with van der Waals surface area (Å²) in [5.41, 5.74) is 6.34. The number of hydrogen-bond acceptors (Lipinski definition) is 3. The number of nitrogens with two attached hydrogens (primary N) is 1. The maximum Gasteiger partial charge on any atom is 0.223 e. The van der Waals surface area contributed by atoms with E-state index in [9.17, 15) is 4.79 Å². The van der Waals surface area contributed by atoms with Gasteiger partial charge in [0, 0.05) is 24.5 Å². The zero-order valence-corrected chi connectivity index (χ0v) is 14.1.